The third-order valence-corrected chi connectivity index (χ3v) is 6.18. The highest BCUT2D eigenvalue weighted by Crippen LogP contribution is 2.18. The van der Waals surface area contributed by atoms with Crippen LogP contribution in [-0.2, 0) is 27.0 Å². The second-order valence-corrected chi connectivity index (χ2v) is 9.01. The first-order chi connectivity index (χ1) is 14.7. The highest BCUT2D eigenvalue weighted by molar-refractivity contribution is 7.88. The van der Waals surface area contributed by atoms with Crippen molar-refractivity contribution in [3.05, 3.63) is 82.9 Å². The summed E-state index contributed by atoms with van der Waals surface area (Å²) in [6.45, 7) is 3.95. The quantitative estimate of drug-likeness (QED) is 0.496. The Balaban J connectivity index is 1.51. The van der Waals surface area contributed by atoms with Gasteiger partial charge in [0.05, 0.1) is 23.6 Å². The maximum absolute atomic E-state index is 13.2. The number of nitrogens with one attached hydrogen (secondary N) is 2. The Morgan fingerprint density at radius 2 is 1.71 bits per heavy atom. The van der Waals surface area contributed by atoms with Crippen LogP contribution in [0.25, 0.3) is 5.69 Å². The van der Waals surface area contributed by atoms with Crippen LogP contribution in [0.1, 0.15) is 22.5 Å². The van der Waals surface area contributed by atoms with Crippen LogP contribution < -0.4 is 10.0 Å². The normalized spacial score (nSPS) is 11.5. The van der Waals surface area contributed by atoms with Crippen molar-refractivity contribution in [3.63, 3.8) is 0 Å². The molecule has 0 aliphatic heterocycles. The lowest BCUT2D eigenvalue weighted by atomic mass is 10.1. The number of sulfonamides is 1. The van der Waals surface area contributed by atoms with Gasteiger partial charge >= 0.3 is 0 Å². The summed E-state index contributed by atoms with van der Waals surface area (Å²) < 4.78 is 41.6. The van der Waals surface area contributed by atoms with Gasteiger partial charge in [-0.25, -0.2) is 22.2 Å². The Hall–Kier alpha value is -3.04. The van der Waals surface area contributed by atoms with Crippen molar-refractivity contribution >= 4 is 15.9 Å². The summed E-state index contributed by atoms with van der Waals surface area (Å²) in [5, 5.41) is 7.18. The van der Waals surface area contributed by atoms with Gasteiger partial charge in [-0.05, 0) is 43.7 Å². The Kier molecular flexibility index (Phi) is 7.19. The van der Waals surface area contributed by atoms with E-state index < -0.39 is 10.0 Å². The fourth-order valence-electron chi connectivity index (χ4n) is 3.24. The van der Waals surface area contributed by atoms with Crippen molar-refractivity contribution in [2.45, 2.75) is 26.0 Å². The minimum atomic E-state index is -3.48. The smallest absolute Gasteiger partial charge is 0.224 e. The zero-order valence-electron chi connectivity index (χ0n) is 17.4. The van der Waals surface area contributed by atoms with Gasteiger partial charge in [0.2, 0.25) is 15.9 Å². The van der Waals surface area contributed by atoms with E-state index in [2.05, 4.69) is 15.1 Å². The molecule has 1 heterocycles. The minimum absolute atomic E-state index is 0.105. The molecule has 7 nitrogen and oxygen atoms in total. The molecule has 0 radical (unpaired) electrons. The molecule has 0 aliphatic carbocycles. The first kappa shape index (κ1) is 22.6. The predicted octanol–water partition coefficient (Wildman–Crippen LogP) is 2.41. The molecule has 0 aliphatic rings. The van der Waals surface area contributed by atoms with E-state index in [1.807, 2.05) is 19.9 Å². The number of carbonyl (C=O) groups excluding carboxylic acids is 1. The number of halogens is 1. The van der Waals surface area contributed by atoms with Crippen molar-refractivity contribution < 1.29 is 17.6 Å². The summed E-state index contributed by atoms with van der Waals surface area (Å²) in [7, 11) is -3.48. The number of amides is 1. The number of aromatic nitrogens is 2. The molecule has 0 unspecified atom stereocenters. The topological polar surface area (TPSA) is 93.1 Å². The Morgan fingerprint density at radius 1 is 1.03 bits per heavy atom. The molecule has 2 aromatic carbocycles. The monoisotopic (exact) mass is 444 g/mol. The van der Waals surface area contributed by atoms with E-state index in [1.54, 1.807) is 41.1 Å². The summed E-state index contributed by atoms with van der Waals surface area (Å²) in [4.78, 5) is 12.3. The second-order valence-electron chi connectivity index (χ2n) is 7.20. The van der Waals surface area contributed by atoms with Crippen molar-refractivity contribution in [1.29, 1.82) is 0 Å². The van der Waals surface area contributed by atoms with Gasteiger partial charge in [0.1, 0.15) is 5.82 Å². The number of benzene rings is 2. The van der Waals surface area contributed by atoms with Crippen LogP contribution in [0.5, 0.6) is 0 Å². The fraction of sp³-hybridized carbons (Fsp3) is 0.273. The van der Waals surface area contributed by atoms with Crippen LogP contribution in [-0.4, -0.2) is 37.2 Å². The third-order valence-electron chi connectivity index (χ3n) is 4.82. The molecule has 164 valence electrons. The summed E-state index contributed by atoms with van der Waals surface area (Å²) in [5.74, 6) is -0.667. The molecular weight excluding hydrogens is 419 g/mol. The van der Waals surface area contributed by atoms with Gasteiger partial charge in [-0.3, -0.25) is 4.79 Å². The summed E-state index contributed by atoms with van der Waals surface area (Å²) in [6.07, 6.45) is 0.121. The van der Waals surface area contributed by atoms with E-state index in [1.165, 1.54) is 12.1 Å². The molecule has 1 amide bonds. The Labute approximate surface area is 181 Å². The molecule has 0 saturated carbocycles. The van der Waals surface area contributed by atoms with Gasteiger partial charge in [0, 0.05) is 24.3 Å². The van der Waals surface area contributed by atoms with Crippen LogP contribution >= 0.6 is 0 Å². The van der Waals surface area contributed by atoms with Crippen molar-refractivity contribution in [2.24, 2.45) is 0 Å². The molecule has 1 aromatic heterocycles. The molecule has 0 saturated heterocycles. The average molecular weight is 445 g/mol. The number of hydrogen-bond donors (Lipinski definition) is 2. The molecular formula is C22H25FN4O3S. The lowest BCUT2D eigenvalue weighted by molar-refractivity contribution is -0.120. The third kappa shape index (κ3) is 6.22. The van der Waals surface area contributed by atoms with E-state index in [0.717, 1.165) is 11.3 Å². The molecule has 0 fully saturated rings. The van der Waals surface area contributed by atoms with Crippen LogP contribution in [0.4, 0.5) is 4.39 Å². The zero-order valence-corrected chi connectivity index (χ0v) is 18.2. The standard InChI is InChI=1S/C22H25FN4O3S/c1-16-21(17(2)27(26-16)20-10-8-19(23)9-11-20)14-22(28)24-12-13-25-31(29,30)15-18-6-4-3-5-7-18/h3-11,25H,12-15H2,1-2H3,(H,24,28). The number of aryl methyl sites for hydroxylation is 1. The number of nitrogens with zero attached hydrogens (tertiary/aromatic N) is 2. The number of hydrogen-bond acceptors (Lipinski definition) is 4. The highest BCUT2D eigenvalue weighted by atomic mass is 32.2. The lowest BCUT2D eigenvalue weighted by Crippen LogP contribution is -2.35. The summed E-state index contributed by atoms with van der Waals surface area (Å²) >= 11 is 0. The molecule has 3 rings (SSSR count). The molecule has 0 bridgehead atoms. The maximum atomic E-state index is 13.2. The molecule has 0 atom stereocenters. The molecule has 2 N–H and O–H groups in total. The van der Waals surface area contributed by atoms with E-state index in [4.69, 9.17) is 0 Å². The fourth-order valence-corrected chi connectivity index (χ4v) is 4.39. The van der Waals surface area contributed by atoms with E-state index in [0.29, 0.717) is 16.9 Å². The van der Waals surface area contributed by atoms with Crippen LogP contribution in [0.2, 0.25) is 0 Å². The van der Waals surface area contributed by atoms with Crippen LogP contribution in [0.3, 0.4) is 0 Å². The first-order valence-electron chi connectivity index (χ1n) is 9.84. The van der Waals surface area contributed by atoms with Gasteiger partial charge in [-0.2, -0.15) is 5.10 Å². The molecule has 9 heteroatoms. The van der Waals surface area contributed by atoms with Crippen LogP contribution in [0.15, 0.2) is 54.6 Å². The minimum Gasteiger partial charge on any atom is -0.354 e. The Bertz CT molecular complexity index is 1140. The summed E-state index contributed by atoms with van der Waals surface area (Å²) in [5.41, 5.74) is 3.69. The zero-order chi connectivity index (χ0) is 22.4. The molecule has 3 aromatic rings. The van der Waals surface area contributed by atoms with Gasteiger partial charge in [-0.1, -0.05) is 30.3 Å². The van der Waals surface area contributed by atoms with Crippen LogP contribution in [0, 0.1) is 19.7 Å². The highest BCUT2D eigenvalue weighted by Gasteiger charge is 2.16. The van der Waals surface area contributed by atoms with Crippen molar-refractivity contribution in [1.82, 2.24) is 19.8 Å². The molecule has 0 spiro atoms. The predicted molar refractivity (Wildman–Crippen MR) is 117 cm³/mol. The second kappa shape index (κ2) is 9.84. The van der Waals surface area contributed by atoms with Crippen molar-refractivity contribution in [2.75, 3.05) is 13.1 Å². The van der Waals surface area contributed by atoms with E-state index in [9.17, 15) is 17.6 Å². The lowest BCUT2D eigenvalue weighted by Gasteiger charge is -2.09. The Morgan fingerprint density at radius 3 is 2.39 bits per heavy atom. The molecule has 31 heavy (non-hydrogen) atoms. The summed E-state index contributed by atoms with van der Waals surface area (Å²) in [6, 6.07) is 14.9. The van der Waals surface area contributed by atoms with Crippen molar-refractivity contribution in [3.8, 4) is 5.69 Å². The van der Waals surface area contributed by atoms with E-state index in [-0.39, 0.29) is 37.0 Å². The van der Waals surface area contributed by atoms with Gasteiger partial charge in [0.15, 0.2) is 0 Å². The largest absolute Gasteiger partial charge is 0.354 e. The average Bonchev–Trinajstić information content (AvgIpc) is 3.00. The van der Waals surface area contributed by atoms with Gasteiger partial charge in [0.25, 0.3) is 0 Å². The van der Waals surface area contributed by atoms with Gasteiger partial charge < -0.3 is 5.32 Å². The maximum Gasteiger partial charge on any atom is 0.224 e. The number of carbonyl (C=O) groups is 1. The number of rotatable bonds is 9. The van der Waals surface area contributed by atoms with Gasteiger partial charge in [-0.15, -0.1) is 0 Å². The first-order valence-corrected chi connectivity index (χ1v) is 11.5. The SMILES string of the molecule is Cc1nn(-c2ccc(F)cc2)c(C)c1CC(=O)NCCNS(=O)(=O)Cc1ccccc1. The van der Waals surface area contributed by atoms with E-state index >= 15 is 0 Å².